The molecule has 2 heterocycles. The normalized spacial score (nSPS) is 17.6. The second-order valence-corrected chi connectivity index (χ2v) is 8.21. The summed E-state index contributed by atoms with van der Waals surface area (Å²) in [6.45, 7) is 9.11. The Labute approximate surface area is 167 Å². The van der Waals surface area contributed by atoms with E-state index < -0.39 is 0 Å². The van der Waals surface area contributed by atoms with Crippen molar-refractivity contribution in [1.29, 1.82) is 0 Å². The summed E-state index contributed by atoms with van der Waals surface area (Å²) in [5, 5.41) is 3.11. The number of nitrogens with zero attached hydrogens (tertiary/aromatic N) is 3. The van der Waals surface area contributed by atoms with Crippen LogP contribution in [-0.4, -0.2) is 39.9 Å². The fraction of sp³-hybridized carbons (Fsp3) is 0.500. The molecule has 150 valence electrons. The zero-order valence-corrected chi connectivity index (χ0v) is 17.1. The number of aryl methyl sites for hydroxylation is 1. The van der Waals surface area contributed by atoms with E-state index in [4.69, 9.17) is 5.73 Å². The molecule has 2 aromatic rings. The molecular formula is C22H31N5O. The van der Waals surface area contributed by atoms with E-state index in [1.807, 2.05) is 6.92 Å². The first-order valence-electron chi connectivity index (χ1n) is 10.1. The van der Waals surface area contributed by atoms with Crippen LogP contribution in [0, 0.1) is 12.8 Å². The van der Waals surface area contributed by atoms with E-state index in [2.05, 4.69) is 58.3 Å². The molecule has 0 radical (unpaired) electrons. The number of carbonyl (C=O) groups excluding carboxylic acids is 1. The van der Waals surface area contributed by atoms with Crippen LogP contribution in [0.25, 0.3) is 0 Å². The van der Waals surface area contributed by atoms with Crippen LogP contribution < -0.4 is 11.1 Å². The molecule has 1 fully saturated rings. The number of piperidine rings is 1. The lowest BCUT2D eigenvalue weighted by Crippen LogP contribution is -2.47. The molecule has 6 heteroatoms. The van der Waals surface area contributed by atoms with Crippen LogP contribution in [0.15, 0.2) is 30.3 Å². The van der Waals surface area contributed by atoms with Gasteiger partial charge in [0.1, 0.15) is 5.69 Å². The lowest BCUT2D eigenvalue weighted by molar-refractivity contribution is 0.0895. The average Bonchev–Trinajstić information content (AvgIpc) is 2.62. The smallest absolute Gasteiger partial charge is 0.270 e. The first kappa shape index (κ1) is 20.3. The molecule has 3 rings (SSSR count). The summed E-state index contributed by atoms with van der Waals surface area (Å²) >= 11 is 0. The molecule has 28 heavy (non-hydrogen) atoms. The lowest BCUT2D eigenvalue weighted by Gasteiger charge is -2.33. The Balaban J connectivity index is 1.55. The lowest BCUT2D eigenvalue weighted by atomic mass is 10.0. The van der Waals surface area contributed by atoms with E-state index in [9.17, 15) is 4.79 Å². The number of benzene rings is 1. The van der Waals surface area contributed by atoms with Crippen molar-refractivity contribution in [2.45, 2.75) is 52.6 Å². The van der Waals surface area contributed by atoms with Crippen LogP contribution in [0.1, 0.15) is 54.0 Å². The Kier molecular flexibility index (Phi) is 6.62. The number of nitrogens with two attached hydrogens (primary N) is 1. The monoisotopic (exact) mass is 381 g/mol. The molecule has 0 bridgehead atoms. The van der Waals surface area contributed by atoms with Crippen molar-refractivity contribution in [3.05, 3.63) is 52.8 Å². The third-order valence-corrected chi connectivity index (χ3v) is 5.02. The summed E-state index contributed by atoms with van der Waals surface area (Å²) in [6.07, 6.45) is 3.17. The van der Waals surface area contributed by atoms with Gasteiger partial charge in [0.05, 0.1) is 0 Å². The summed E-state index contributed by atoms with van der Waals surface area (Å²) in [5.74, 6) is 0.629. The van der Waals surface area contributed by atoms with Crippen molar-refractivity contribution < 1.29 is 4.79 Å². The third kappa shape index (κ3) is 5.76. The zero-order chi connectivity index (χ0) is 20.1. The molecule has 1 unspecified atom stereocenters. The van der Waals surface area contributed by atoms with Crippen molar-refractivity contribution in [3.8, 4) is 0 Å². The molecule has 0 aliphatic carbocycles. The minimum Gasteiger partial charge on any atom is -0.368 e. The molecular weight excluding hydrogens is 350 g/mol. The fourth-order valence-electron chi connectivity index (χ4n) is 3.79. The maximum Gasteiger partial charge on any atom is 0.270 e. The molecule has 1 amide bonds. The number of nitrogen functional groups attached to an aromatic ring is 1. The molecule has 6 nitrogen and oxygen atoms in total. The number of nitrogens with one attached hydrogen (secondary N) is 1. The number of anilines is 1. The maximum atomic E-state index is 12.5. The second-order valence-electron chi connectivity index (χ2n) is 8.21. The van der Waals surface area contributed by atoms with E-state index in [0.29, 0.717) is 17.3 Å². The van der Waals surface area contributed by atoms with Gasteiger partial charge in [-0.25, -0.2) is 9.97 Å². The SMILES string of the molecule is Cc1cc(C(=O)NC2CCCN(Cc3ccc(CC(C)C)cc3)C2)nc(N)n1. The van der Waals surface area contributed by atoms with Gasteiger partial charge in [-0.1, -0.05) is 38.1 Å². The topological polar surface area (TPSA) is 84.1 Å². The van der Waals surface area contributed by atoms with E-state index in [0.717, 1.165) is 38.9 Å². The molecule has 1 atom stereocenters. The summed E-state index contributed by atoms with van der Waals surface area (Å²) in [4.78, 5) is 23.0. The van der Waals surface area contributed by atoms with Crippen molar-refractivity contribution in [1.82, 2.24) is 20.2 Å². The zero-order valence-electron chi connectivity index (χ0n) is 17.1. The Bertz CT molecular complexity index is 783. The van der Waals surface area contributed by atoms with Gasteiger partial charge in [0.15, 0.2) is 0 Å². The van der Waals surface area contributed by atoms with Gasteiger partial charge in [0, 0.05) is 24.8 Å². The summed E-state index contributed by atoms with van der Waals surface area (Å²) in [7, 11) is 0. The van der Waals surface area contributed by atoms with Crippen LogP contribution in [0.2, 0.25) is 0 Å². The molecule has 1 saturated heterocycles. The summed E-state index contributed by atoms with van der Waals surface area (Å²) < 4.78 is 0. The van der Waals surface area contributed by atoms with Gasteiger partial charge in [0.2, 0.25) is 5.95 Å². The van der Waals surface area contributed by atoms with Crippen LogP contribution in [0.5, 0.6) is 0 Å². The van der Waals surface area contributed by atoms with E-state index >= 15 is 0 Å². The van der Waals surface area contributed by atoms with Gasteiger partial charge in [-0.15, -0.1) is 0 Å². The van der Waals surface area contributed by atoms with Gasteiger partial charge in [-0.05, 0) is 55.8 Å². The number of hydrogen-bond donors (Lipinski definition) is 2. The van der Waals surface area contributed by atoms with Gasteiger partial charge in [-0.3, -0.25) is 9.69 Å². The van der Waals surface area contributed by atoms with Gasteiger partial charge in [0.25, 0.3) is 5.91 Å². The second kappa shape index (κ2) is 9.15. The fourth-order valence-corrected chi connectivity index (χ4v) is 3.79. The first-order chi connectivity index (χ1) is 13.4. The molecule has 3 N–H and O–H groups in total. The minimum absolute atomic E-state index is 0.123. The molecule has 1 aromatic carbocycles. The van der Waals surface area contributed by atoms with Crippen molar-refractivity contribution >= 4 is 11.9 Å². The molecule has 1 aliphatic rings. The summed E-state index contributed by atoms with van der Waals surface area (Å²) in [6, 6.07) is 10.7. The highest BCUT2D eigenvalue weighted by molar-refractivity contribution is 5.92. The highest BCUT2D eigenvalue weighted by Gasteiger charge is 2.22. The number of likely N-dealkylation sites (tertiary alicyclic amines) is 1. The highest BCUT2D eigenvalue weighted by Crippen LogP contribution is 2.16. The number of aromatic nitrogens is 2. The molecule has 0 spiro atoms. The number of carbonyl (C=O) groups is 1. The molecule has 1 aromatic heterocycles. The van der Waals surface area contributed by atoms with Crippen molar-refractivity contribution in [2.75, 3.05) is 18.8 Å². The van der Waals surface area contributed by atoms with Gasteiger partial charge < -0.3 is 11.1 Å². The largest absolute Gasteiger partial charge is 0.368 e. The average molecular weight is 382 g/mol. The molecule has 1 aliphatic heterocycles. The maximum absolute atomic E-state index is 12.5. The van der Waals surface area contributed by atoms with Crippen molar-refractivity contribution in [2.24, 2.45) is 5.92 Å². The predicted molar refractivity (Wildman–Crippen MR) is 112 cm³/mol. The standard InChI is InChI=1S/C22H31N5O/c1-15(2)11-17-6-8-18(9-7-17)13-27-10-4-5-19(14-27)25-21(28)20-12-16(3)24-22(23)26-20/h6-9,12,15,19H,4-5,10-11,13-14H2,1-3H3,(H,25,28)(H2,23,24,26). The molecule has 0 saturated carbocycles. The quantitative estimate of drug-likeness (QED) is 0.804. The number of amides is 1. The Hall–Kier alpha value is -2.47. The van der Waals surface area contributed by atoms with Crippen molar-refractivity contribution in [3.63, 3.8) is 0 Å². The Morgan fingerprint density at radius 2 is 1.96 bits per heavy atom. The van der Waals surface area contributed by atoms with E-state index in [-0.39, 0.29) is 17.9 Å². The third-order valence-electron chi connectivity index (χ3n) is 5.02. The van der Waals surface area contributed by atoms with Crippen LogP contribution in [0.4, 0.5) is 5.95 Å². The van der Waals surface area contributed by atoms with E-state index in [1.165, 1.54) is 11.1 Å². The predicted octanol–water partition coefficient (Wildman–Crippen LogP) is 2.96. The highest BCUT2D eigenvalue weighted by atomic mass is 16.2. The minimum atomic E-state index is -0.179. The van der Waals surface area contributed by atoms with Crippen LogP contribution in [0.3, 0.4) is 0 Å². The van der Waals surface area contributed by atoms with Gasteiger partial charge >= 0.3 is 0 Å². The summed E-state index contributed by atoms with van der Waals surface area (Å²) in [5.41, 5.74) is 9.41. The first-order valence-corrected chi connectivity index (χ1v) is 10.1. The van der Waals surface area contributed by atoms with Crippen LogP contribution >= 0.6 is 0 Å². The van der Waals surface area contributed by atoms with E-state index in [1.54, 1.807) is 6.07 Å². The van der Waals surface area contributed by atoms with Gasteiger partial charge in [-0.2, -0.15) is 0 Å². The Morgan fingerprint density at radius 3 is 2.64 bits per heavy atom. The Morgan fingerprint density at radius 1 is 1.25 bits per heavy atom. The van der Waals surface area contributed by atoms with Crippen LogP contribution in [-0.2, 0) is 13.0 Å². The number of rotatable bonds is 6. The number of hydrogen-bond acceptors (Lipinski definition) is 5.